The van der Waals surface area contributed by atoms with Gasteiger partial charge < -0.3 is 20.1 Å². The molecule has 1 atom stereocenters. The summed E-state index contributed by atoms with van der Waals surface area (Å²) in [7, 11) is 0. The maximum atomic E-state index is 14.6. The Hall–Kier alpha value is -2.58. The summed E-state index contributed by atoms with van der Waals surface area (Å²) in [5.74, 6) is 1.25. The molecule has 0 saturated carbocycles. The van der Waals surface area contributed by atoms with Gasteiger partial charge >= 0.3 is 0 Å². The molecule has 6 nitrogen and oxygen atoms in total. The van der Waals surface area contributed by atoms with Gasteiger partial charge in [0.25, 0.3) is 0 Å². The monoisotopic (exact) mass is 590 g/mol. The molecule has 5 rings (SSSR count). The summed E-state index contributed by atoms with van der Waals surface area (Å²) in [5, 5.41) is 1.01. The Morgan fingerprint density at radius 3 is 2.47 bits per heavy atom. The molecule has 2 aliphatic rings. The van der Waals surface area contributed by atoms with E-state index in [2.05, 4.69) is 42.7 Å². The molecule has 1 aromatic heterocycles. The number of halogens is 1. The molecule has 43 heavy (non-hydrogen) atoms. The minimum atomic E-state index is -0.213. The van der Waals surface area contributed by atoms with Gasteiger partial charge in [0.05, 0.1) is 18.7 Å². The van der Waals surface area contributed by atoms with E-state index in [1.165, 1.54) is 12.5 Å². The highest BCUT2D eigenvalue weighted by Crippen LogP contribution is 2.39. The van der Waals surface area contributed by atoms with Crippen LogP contribution in [0.1, 0.15) is 64.4 Å². The van der Waals surface area contributed by atoms with Crippen molar-refractivity contribution in [2.24, 2.45) is 11.3 Å². The van der Waals surface area contributed by atoms with E-state index in [1.807, 2.05) is 24.3 Å². The van der Waals surface area contributed by atoms with Crippen LogP contribution in [0.4, 0.5) is 10.2 Å². The van der Waals surface area contributed by atoms with Crippen LogP contribution in [-0.2, 0) is 9.47 Å². The minimum Gasteiger partial charge on any atom is -0.383 e. The summed E-state index contributed by atoms with van der Waals surface area (Å²) in [6.45, 7) is 16.8. The second-order valence-electron chi connectivity index (χ2n) is 13.7. The average molecular weight is 591 g/mol. The highest BCUT2D eigenvalue weighted by atomic mass is 19.1. The fraction of sp³-hybridized carbons (Fsp3) is 0.583. The van der Waals surface area contributed by atoms with E-state index in [-0.39, 0.29) is 5.82 Å². The molecule has 2 aliphatic heterocycles. The third-order valence-electron chi connectivity index (χ3n) is 9.30. The molecule has 0 aliphatic carbocycles. The van der Waals surface area contributed by atoms with Crippen molar-refractivity contribution in [1.29, 1.82) is 0 Å². The first-order valence-corrected chi connectivity index (χ1v) is 16.3. The summed E-state index contributed by atoms with van der Waals surface area (Å²) in [6.07, 6.45) is 5.45. The van der Waals surface area contributed by atoms with Crippen LogP contribution in [0.15, 0.2) is 48.5 Å². The van der Waals surface area contributed by atoms with Crippen molar-refractivity contribution in [1.82, 2.24) is 14.8 Å². The molecule has 234 valence electrons. The molecule has 2 aromatic carbocycles. The predicted molar refractivity (Wildman–Crippen MR) is 175 cm³/mol. The van der Waals surface area contributed by atoms with Crippen molar-refractivity contribution in [3.8, 4) is 11.1 Å². The normalized spacial score (nSPS) is 18.0. The highest BCUT2D eigenvalue weighted by Gasteiger charge is 2.28. The SMILES string of the molecule is CC(C)(C)CCN(CCCC(c1cc2cc(-c3ccccc3F)ccc2nc1N)C1CCOCC1)CCN1CCOCC1. The molecule has 2 fully saturated rings. The maximum absolute atomic E-state index is 14.6. The number of rotatable bonds is 12. The Balaban J connectivity index is 1.34. The van der Waals surface area contributed by atoms with E-state index in [1.54, 1.807) is 6.07 Å². The Bertz CT molecular complexity index is 1310. The number of pyridine rings is 1. The van der Waals surface area contributed by atoms with E-state index in [4.69, 9.17) is 20.2 Å². The summed E-state index contributed by atoms with van der Waals surface area (Å²) < 4.78 is 25.9. The first-order valence-electron chi connectivity index (χ1n) is 16.3. The van der Waals surface area contributed by atoms with Crippen molar-refractivity contribution in [2.75, 3.05) is 71.4 Å². The van der Waals surface area contributed by atoms with Gasteiger partial charge in [0.15, 0.2) is 0 Å². The molecule has 0 amide bonds. The number of aromatic nitrogens is 1. The Morgan fingerprint density at radius 2 is 1.72 bits per heavy atom. The summed E-state index contributed by atoms with van der Waals surface area (Å²) in [6, 6.07) is 15.1. The van der Waals surface area contributed by atoms with Gasteiger partial charge in [-0.1, -0.05) is 45.0 Å². The molecule has 1 unspecified atom stereocenters. The zero-order valence-corrected chi connectivity index (χ0v) is 26.5. The number of ether oxygens (including phenoxy) is 2. The molecule has 0 radical (unpaired) electrons. The summed E-state index contributed by atoms with van der Waals surface area (Å²) in [5.41, 5.74) is 10.5. The quantitative estimate of drug-likeness (QED) is 0.246. The van der Waals surface area contributed by atoms with Crippen LogP contribution in [0, 0.1) is 17.2 Å². The number of nitrogens with zero attached hydrogens (tertiary/aromatic N) is 3. The van der Waals surface area contributed by atoms with E-state index in [0.717, 1.165) is 113 Å². The molecule has 0 spiro atoms. The lowest BCUT2D eigenvalue weighted by Gasteiger charge is -2.33. The second kappa shape index (κ2) is 14.9. The summed E-state index contributed by atoms with van der Waals surface area (Å²) in [4.78, 5) is 10.1. The van der Waals surface area contributed by atoms with Crippen molar-refractivity contribution in [2.45, 2.75) is 58.8 Å². The van der Waals surface area contributed by atoms with Gasteiger partial charge in [-0.05, 0) is 97.8 Å². The highest BCUT2D eigenvalue weighted by molar-refractivity contribution is 5.86. The lowest BCUT2D eigenvalue weighted by atomic mass is 9.78. The van der Waals surface area contributed by atoms with Crippen molar-refractivity contribution in [3.63, 3.8) is 0 Å². The van der Waals surface area contributed by atoms with Gasteiger partial charge in [0.2, 0.25) is 0 Å². The van der Waals surface area contributed by atoms with Crippen LogP contribution in [0.3, 0.4) is 0 Å². The molecule has 3 aromatic rings. The van der Waals surface area contributed by atoms with Gasteiger partial charge in [0.1, 0.15) is 11.6 Å². The zero-order chi connectivity index (χ0) is 30.2. The van der Waals surface area contributed by atoms with E-state index in [9.17, 15) is 4.39 Å². The molecule has 7 heteroatoms. The van der Waals surface area contributed by atoms with E-state index in [0.29, 0.717) is 28.6 Å². The first-order chi connectivity index (χ1) is 20.8. The lowest BCUT2D eigenvalue weighted by Crippen LogP contribution is -2.42. The van der Waals surface area contributed by atoms with Gasteiger partial charge in [-0.25, -0.2) is 9.37 Å². The van der Waals surface area contributed by atoms with Crippen LogP contribution in [0.25, 0.3) is 22.0 Å². The number of fused-ring (bicyclic) bond motifs is 1. The van der Waals surface area contributed by atoms with E-state index < -0.39 is 0 Å². The molecule has 2 N–H and O–H groups in total. The van der Waals surface area contributed by atoms with Gasteiger partial charge in [-0.3, -0.25) is 4.90 Å². The molecular formula is C36H51FN4O2. The van der Waals surface area contributed by atoms with Crippen molar-refractivity contribution < 1.29 is 13.9 Å². The third-order valence-corrected chi connectivity index (χ3v) is 9.30. The number of nitrogens with two attached hydrogens (primary N) is 1. The topological polar surface area (TPSA) is 63.9 Å². The van der Waals surface area contributed by atoms with Crippen LogP contribution in [0.2, 0.25) is 0 Å². The number of morpholine rings is 1. The number of hydrogen-bond acceptors (Lipinski definition) is 6. The number of anilines is 1. The lowest BCUT2D eigenvalue weighted by molar-refractivity contribution is 0.0326. The first kappa shape index (κ1) is 31.8. The van der Waals surface area contributed by atoms with Gasteiger partial charge in [0, 0.05) is 50.3 Å². The number of nitrogen functional groups attached to an aromatic ring is 1. The van der Waals surface area contributed by atoms with Crippen molar-refractivity contribution in [3.05, 3.63) is 59.9 Å². The molecule has 0 bridgehead atoms. The van der Waals surface area contributed by atoms with Crippen LogP contribution in [0.5, 0.6) is 0 Å². The maximum Gasteiger partial charge on any atom is 0.131 e. The summed E-state index contributed by atoms with van der Waals surface area (Å²) >= 11 is 0. The van der Waals surface area contributed by atoms with Gasteiger partial charge in [-0.15, -0.1) is 0 Å². The standard InChI is InChI=1S/C36H51FN4O2/c1-36(2,3)14-16-40(17-18-41-19-23-43-24-20-41)15-6-8-30(27-12-21-42-22-13-27)32-26-29-25-28(10-11-34(29)39-35(32)38)31-7-4-5-9-33(31)37/h4-5,7,9-11,25-27,30H,6,8,12-24H2,1-3H3,(H2,38,39). The molecular weight excluding hydrogens is 539 g/mol. The largest absolute Gasteiger partial charge is 0.383 e. The van der Waals surface area contributed by atoms with E-state index >= 15 is 0 Å². The Morgan fingerprint density at radius 1 is 0.977 bits per heavy atom. The van der Waals surface area contributed by atoms with Crippen LogP contribution < -0.4 is 5.73 Å². The van der Waals surface area contributed by atoms with Crippen molar-refractivity contribution >= 4 is 16.7 Å². The third kappa shape index (κ3) is 8.98. The molecule has 2 saturated heterocycles. The molecule has 3 heterocycles. The predicted octanol–water partition coefficient (Wildman–Crippen LogP) is 6.98. The average Bonchev–Trinajstić information content (AvgIpc) is 3.01. The zero-order valence-electron chi connectivity index (χ0n) is 26.5. The fourth-order valence-corrected chi connectivity index (χ4v) is 6.60. The minimum absolute atomic E-state index is 0.213. The number of benzene rings is 2. The smallest absolute Gasteiger partial charge is 0.131 e. The van der Waals surface area contributed by atoms with Gasteiger partial charge in [-0.2, -0.15) is 0 Å². The second-order valence-corrected chi connectivity index (χ2v) is 13.7. The Labute approximate surface area is 257 Å². The number of hydrogen-bond donors (Lipinski definition) is 1. The van der Waals surface area contributed by atoms with Crippen LogP contribution >= 0.6 is 0 Å². The van der Waals surface area contributed by atoms with Crippen LogP contribution in [-0.4, -0.2) is 80.5 Å². The Kier molecular flexibility index (Phi) is 11.1. The fourth-order valence-electron chi connectivity index (χ4n) is 6.60.